The highest BCUT2D eigenvalue weighted by molar-refractivity contribution is 5.76. The first kappa shape index (κ1) is 13.1. The van der Waals surface area contributed by atoms with E-state index in [4.69, 9.17) is 15.9 Å². The third kappa shape index (κ3) is 3.54. The van der Waals surface area contributed by atoms with E-state index in [1.165, 1.54) is 0 Å². The standard InChI is InChI=1S/C9H16N6O2/c1-11-6-7(12-2-4-16)14-9(10)15-8(6)13-3-5-17/h16-17H,1-5H2,(H4,10,12,13,14,15). The maximum Gasteiger partial charge on any atom is 0.224 e. The Bertz CT molecular complexity index is 355. The minimum atomic E-state index is -0.0418. The Hall–Kier alpha value is -1.93. The smallest absolute Gasteiger partial charge is 0.224 e. The van der Waals surface area contributed by atoms with Crippen LogP contribution in [-0.4, -0.2) is 53.2 Å². The number of aromatic nitrogens is 2. The molecule has 0 saturated heterocycles. The van der Waals surface area contributed by atoms with E-state index in [0.29, 0.717) is 30.4 Å². The summed E-state index contributed by atoms with van der Waals surface area (Å²) in [5.74, 6) is 0.849. The van der Waals surface area contributed by atoms with E-state index < -0.39 is 0 Å². The fraction of sp³-hybridized carbons (Fsp3) is 0.444. The van der Waals surface area contributed by atoms with Gasteiger partial charge in [-0.3, -0.25) is 4.99 Å². The third-order valence-corrected chi connectivity index (χ3v) is 1.87. The van der Waals surface area contributed by atoms with Gasteiger partial charge in [0.1, 0.15) is 5.69 Å². The van der Waals surface area contributed by atoms with Crippen molar-refractivity contribution in [3.63, 3.8) is 0 Å². The number of nitrogens with zero attached hydrogens (tertiary/aromatic N) is 3. The van der Waals surface area contributed by atoms with Gasteiger partial charge in [0.2, 0.25) is 5.95 Å². The van der Waals surface area contributed by atoms with Gasteiger partial charge in [0.05, 0.1) is 13.2 Å². The molecule has 0 spiro atoms. The molecule has 17 heavy (non-hydrogen) atoms. The van der Waals surface area contributed by atoms with Crippen molar-refractivity contribution < 1.29 is 10.2 Å². The lowest BCUT2D eigenvalue weighted by atomic mass is 10.4. The van der Waals surface area contributed by atoms with Crippen LogP contribution in [0.25, 0.3) is 0 Å². The molecule has 1 rings (SSSR count). The van der Waals surface area contributed by atoms with E-state index in [1.54, 1.807) is 0 Å². The summed E-state index contributed by atoms with van der Waals surface area (Å²) in [5, 5.41) is 23.2. The molecule has 0 amide bonds. The minimum Gasteiger partial charge on any atom is -0.395 e. The quantitative estimate of drug-likeness (QED) is 0.394. The van der Waals surface area contributed by atoms with Crippen LogP contribution in [0.3, 0.4) is 0 Å². The molecule has 6 N–H and O–H groups in total. The van der Waals surface area contributed by atoms with Gasteiger partial charge in [-0.15, -0.1) is 0 Å². The predicted molar refractivity (Wildman–Crippen MR) is 66.8 cm³/mol. The van der Waals surface area contributed by atoms with Crippen molar-refractivity contribution in [2.24, 2.45) is 4.99 Å². The zero-order chi connectivity index (χ0) is 12.7. The molecule has 1 aromatic rings. The van der Waals surface area contributed by atoms with Crippen molar-refractivity contribution in [3.05, 3.63) is 0 Å². The summed E-state index contributed by atoms with van der Waals surface area (Å²) in [6.45, 7) is 3.97. The van der Waals surface area contributed by atoms with Crippen molar-refractivity contribution in [1.29, 1.82) is 0 Å². The van der Waals surface area contributed by atoms with Crippen LogP contribution in [0.15, 0.2) is 4.99 Å². The molecule has 8 nitrogen and oxygen atoms in total. The monoisotopic (exact) mass is 240 g/mol. The largest absolute Gasteiger partial charge is 0.395 e. The molecule has 0 aliphatic heterocycles. The van der Waals surface area contributed by atoms with Crippen LogP contribution in [0, 0.1) is 0 Å². The van der Waals surface area contributed by atoms with Crippen LogP contribution in [0.5, 0.6) is 0 Å². The van der Waals surface area contributed by atoms with E-state index in [9.17, 15) is 0 Å². The number of aliphatic hydroxyl groups is 2. The zero-order valence-electron chi connectivity index (χ0n) is 9.35. The molecule has 1 heterocycles. The number of aliphatic hydroxyl groups excluding tert-OH is 2. The average molecular weight is 240 g/mol. The normalized spacial score (nSPS) is 10.0. The molecular weight excluding hydrogens is 224 g/mol. The zero-order valence-corrected chi connectivity index (χ0v) is 9.35. The number of rotatable bonds is 7. The Labute approximate surface area is 98.6 Å². The Kier molecular flexibility index (Phi) is 5.11. The highest BCUT2D eigenvalue weighted by atomic mass is 16.3. The second kappa shape index (κ2) is 6.61. The molecule has 94 valence electrons. The van der Waals surface area contributed by atoms with Crippen molar-refractivity contribution in [2.75, 3.05) is 42.7 Å². The van der Waals surface area contributed by atoms with Crippen LogP contribution in [-0.2, 0) is 0 Å². The fourth-order valence-corrected chi connectivity index (χ4v) is 1.22. The topological polar surface area (TPSA) is 129 Å². The summed E-state index contributed by atoms with van der Waals surface area (Å²) in [6, 6.07) is 0. The number of anilines is 3. The van der Waals surface area contributed by atoms with Gasteiger partial charge < -0.3 is 26.6 Å². The van der Waals surface area contributed by atoms with Crippen LogP contribution in [0.1, 0.15) is 0 Å². The number of aliphatic imine (C=N–C) groups is 1. The molecule has 8 heteroatoms. The average Bonchev–Trinajstić information content (AvgIpc) is 2.33. The summed E-state index contributed by atoms with van der Waals surface area (Å²) in [5.41, 5.74) is 5.94. The van der Waals surface area contributed by atoms with E-state index in [-0.39, 0.29) is 19.2 Å². The number of nitrogens with two attached hydrogens (primary N) is 1. The third-order valence-electron chi connectivity index (χ3n) is 1.87. The first-order valence-corrected chi connectivity index (χ1v) is 5.06. The Morgan fingerprint density at radius 1 is 1.12 bits per heavy atom. The van der Waals surface area contributed by atoms with Crippen molar-refractivity contribution in [2.45, 2.75) is 0 Å². The molecule has 0 aliphatic carbocycles. The van der Waals surface area contributed by atoms with Gasteiger partial charge >= 0.3 is 0 Å². The van der Waals surface area contributed by atoms with Crippen molar-refractivity contribution >= 4 is 30.0 Å². The van der Waals surface area contributed by atoms with Crippen LogP contribution < -0.4 is 16.4 Å². The predicted octanol–water partition coefficient (Wildman–Crippen LogP) is -0.801. The molecule has 0 bridgehead atoms. The number of nitrogen functional groups attached to an aromatic ring is 1. The minimum absolute atomic E-state index is 0.0418. The van der Waals surface area contributed by atoms with Gasteiger partial charge in [-0.05, 0) is 6.72 Å². The van der Waals surface area contributed by atoms with Gasteiger partial charge in [0.25, 0.3) is 0 Å². The summed E-state index contributed by atoms with van der Waals surface area (Å²) < 4.78 is 0. The maximum atomic E-state index is 8.74. The second-order valence-electron chi connectivity index (χ2n) is 3.09. The molecule has 0 unspecified atom stereocenters. The van der Waals surface area contributed by atoms with Gasteiger partial charge in [0.15, 0.2) is 11.6 Å². The Morgan fingerprint density at radius 3 is 1.94 bits per heavy atom. The first-order valence-electron chi connectivity index (χ1n) is 5.06. The number of hydrogen-bond acceptors (Lipinski definition) is 8. The first-order chi connectivity index (χ1) is 8.22. The van der Waals surface area contributed by atoms with Gasteiger partial charge in [0, 0.05) is 13.1 Å². The molecule has 0 aliphatic rings. The van der Waals surface area contributed by atoms with Gasteiger partial charge in [-0.2, -0.15) is 9.97 Å². The lowest BCUT2D eigenvalue weighted by molar-refractivity contribution is 0.311. The molecule has 0 fully saturated rings. The summed E-state index contributed by atoms with van der Waals surface area (Å²) in [4.78, 5) is 11.7. The highest BCUT2D eigenvalue weighted by Crippen LogP contribution is 2.30. The summed E-state index contributed by atoms with van der Waals surface area (Å²) in [6.07, 6.45) is 0. The van der Waals surface area contributed by atoms with Crippen LogP contribution in [0.2, 0.25) is 0 Å². The summed E-state index contributed by atoms with van der Waals surface area (Å²) in [7, 11) is 0. The molecule has 0 aromatic carbocycles. The lowest BCUT2D eigenvalue weighted by Gasteiger charge is -2.12. The molecular formula is C9H16N6O2. The van der Waals surface area contributed by atoms with Gasteiger partial charge in [-0.25, -0.2) is 0 Å². The Morgan fingerprint density at radius 2 is 1.59 bits per heavy atom. The number of hydrogen-bond donors (Lipinski definition) is 5. The molecule has 0 atom stereocenters. The molecule has 0 radical (unpaired) electrons. The van der Waals surface area contributed by atoms with E-state index in [0.717, 1.165) is 0 Å². The highest BCUT2D eigenvalue weighted by Gasteiger charge is 2.11. The van der Waals surface area contributed by atoms with Gasteiger partial charge in [-0.1, -0.05) is 0 Å². The van der Waals surface area contributed by atoms with E-state index in [1.807, 2.05) is 0 Å². The van der Waals surface area contributed by atoms with Crippen molar-refractivity contribution in [1.82, 2.24) is 9.97 Å². The van der Waals surface area contributed by atoms with Crippen LogP contribution in [0.4, 0.5) is 23.3 Å². The fourth-order valence-electron chi connectivity index (χ4n) is 1.22. The lowest BCUT2D eigenvalue weighted by Crippen LogP contribution is -2.13. The van der Waals surface area contributed by atoms with Crippen molar-refractivity contribution in [3.8, 4) is 0 Å². The SMILES string of the molecule is C=Nc1c(NCCO)nc(N)nc1NCCO. The second-order valence-corrected chi connectivity index (χ2v) is 3.09. The van der Waals surface area contributed by atoms with Crippen LogP contribution >= 0.6 is 0 Å². The maximum absolute atomic E-state index is 8.74. The van der Waals surface area contributed by atoms with E-state index >= 15 is 0 Å². The van der Waals surface area contributed by atoms with E-state index in [2.05, 4.69) is 32.3 Å². The number of nitrogens with one attached hydrogen (secondary N) is 2. The molecule has 1 aromatic heterocycles. The Balaban J connectivity index is 3.01. The molecule has 0 saturated carbocycles. The summed E-state index contributed by atoms with van der Waals surface area (Å²) >= 11 is 0.